The SMILES string of the molecule is CCN(CC)C(=O)Cn1c(=O)c(C(N)=O)cc2cc(B3OCC(C)(C)CO3)cnc21. The lowest BCUT2D eigenvalue weighted by Gasteiger charge is -2.33. The summed E-state index contributed by atoms with van der Waals surface area (Å²) in [4.78, 5) is 43.3. The summed E-state index contributed by atoms with van der Waals surface area (Å²) in [6.45, 7) is 9.67. The fourth-order valence-electron chi connectivity index (χ4n) is 3.43. The number of likely N-dealkylation sites (N-methyl/N-ethyl adjacent to an activating group) is 1. The van der Waals surface area contributed by atoms with E-state index in [-0.39, 0.29) is 23.4 Å². The molecule has 0 bridgehead atoms. The van der Waals surface area contributed by atoms with Crippen LogP contribution in [-0.4, -0.2) is 59.7 Å². The Morgan fingerprint density at radius 1 is 1.23 bits per heavy atom. The van der Waals surface area contributed by atoms with Crippen molar-refractivity contribution in [1.82, 2.24) is 14.5 Å². The van der Waals surface area contributed by atoms with Gasteiger partial charge in [0.05, 0.1) is 0 Å². The highest BCUT2D eigenvalue weighted by Gasteiger charge is 2.34. The molecule has 3 heterocycles. The quantitative estimate of drug-likeness (QED) is 0.672. The standard InChI is InChI=1S/C20H27BN4O5/c1-5-24(6-2)16(26)10-25-18-13(8-15(17(22)27)19(25)28)7-14(9-23-18)21-29-11-20(3,4)12-30-21/h7-9H,5-6,10-12H2,1-4H3,(H2,22,27). The lowest BCUT2D eigenvalue weighted by atomic mass is 9.76. The summed E-state index contributed by atoms with van der Waals surface area (Å²) in [6, 6.07) is 3.15. The minimum Gasteiger partial charge on any atom is -0.407 e. The summed E-state index contributed by atoms with van der Waals surface area (Å²) < 4.78 is 12.8. The van der Waals surface area contributed by atoms with Crippen molar-refractivity contribution in [2.24, 2.45) is 11.1 Å². The Morgan fingerprint density at radius 3 is 2.43 bits per heavy atom. The van der Waals surface area contributed by atoms with Crippen molar-refractivity contribution in [3.05, 3.63) is 34.2 Å². The number of carbonyl (C=O) groups excluding carboxylic acids is 2. The summed E-state index contributed by atoms with van der Waals surface area (Å²) in [5, 5.41) is 0.505. The first kappa shape index (κ1) is 22.0. The van der Waals surface area contributed by atoms with Crippen molar-refractivity contribution in [3.8, 4) is 0 Å². The van der Waals surface area contributed by atoms with Crippen LogP contribution in [0.1, 0.15) is 38.1 Å². The van der Waals surface area contributed by atoms with Gasteiger partial charge < -0.3 is 19.9 Å². The molecule has 2 N–H and O–H groups in total. The number of hydrogen-bond acceptors (Lipinski definition) is 6. The van der Waals surface area contributed by atoms with Gasteiger partial charge in [-0.15, -0.1) is 0 Å². The molecular formula is C20H27BN4O5. The molecule has 0 spiro atoms. The van der Waals surface area contributed by atoms with Crippen molar-refractivity contribution < 1.29 is 18.9 Å². The Balaban J connectivity index is 2.05. The molecule has 2 aromatic rings. The van der Waals surface area contributed by atoms with Crippen molar-refractivity contribution >= 4 is 35.4 Å². The molecule has 2 aromatic heterocycles. The molecule has 0 aromatic carbocycles. The lowest BCUT2D eigenvalue weighted by molar-refractivity contribution is -0.131. The molecule has 30 heavy (non-hydrogen) atoms. The van der Waals surface area contributed by atoms with E-state index in [2.05, 4.69) is 4.98 Å². The van der Waals surface area contributed by atoms with Crippen LogP contribution in [0.3, 0.4) is 0 Å². The maximum atomic E-state index is 12.8. The van der Waals surface area contributed by atoms with Gasteiger partial charge in [0, 0.05) is 48.8 Å². The van der Waals surface area contributed by atoms with Crippen molar-refractivity contribution in [2.45, 2.75) is 34.2 Å². The molecule has 3 rings (SSSR count). The van der Waals surface area contributed by atoms with Gasteiger partial charge in [-0.05, 0) is 26.0 Å². The maximum absolute atomic E-state index is 12.8. The summed E-state index contributed by atoms with van der Waals surface area (Å²) >= 11 is 0. The molecule has 0 unspecified atom stereocenters. The van der Waals surface area contributed by atoms with Gasteiger partial charge in [0.15, 0.2) is 0 Å². The number of rotatable bonds is 6. The van der Waals surface area contributed by atoms with Gasteiger partial charge in [0.25, 0.3) is 11.5 Å². The number of hydrogen-bond donors (Lipinski definition) is 1. The third-order valence-corrected chi connectivity index (χ3v) is 5.15. The zero-order valence-electron chi connectivity index (χ0n) is 17.8. The molecule has 9 nitrogen and oxygen atoms in total. The van der Waals surface area contributed by atoms with E-state index < -0.39 is 18.6 Å². The number of amides is 2. The monoisotopic (exact) mass is 414 g/mol. The average molecular weight is 414 g/mol. The fourth-order valence-corrected chi connectivity index (χ4v) is 3.43. The van der Waals surface area contributed by atoms with Crippen molar-refractivity contribution in [1.29, 1.82) is 0 Å². The molecule has 1 saturated heterocycles. The number of nitrogens with two attached hydrogens (primary N) is 1. The molecule has 0 aliphatic carbocycles. The molecule has 0 saturated carbocycles. The molecule has 160 valence electrons. The number of aromatic nitrogens is 2. The van der Waals surface area contributed by atoms with E-state index in [0.717, 1.165) is 0 Å². The average Bonchev–Trinajstić information content (AvgIpc) is 2.70. The largest absolute Gasteiger partial charge is 0.495 e. The van der Waals surface area contributed by atoms with Crippen LogP contribution in [0.2, 0.25) is 0 Å². The van der Waals surface area contributed by atoms with Crippen LogP contribution in [0.25, 0.3) is 11.0 Å². The molecule has 1 fully saturated rings. The summed E-state index contributed by atoms with van der Waals surface area (Å²) in [7, 11) is -0.593. The van der Waals surface area contributed by atoms with Crippen LogP contribution in [0.4, 0.5) is 0 Å². The van der Waals surface area contributed by atoms with Crippen LogP contribution >= 0.6 is 0 Å². The number of pyridine rings is 2. The van der Waals surface area contributed by atoms with Gasteiger partial charge in [0.1, 0.15) is 17.8 Å². The number of primary amides is 1. The van der Waals surface area contributed by atoms with Gasteiger partial charge in [0.2, 0.25) is 5.91 Å². The third kappa shape index (κ3) is 4.39. The van der Waals surface area contributed by atoms with Crippen LogP contribution in [0.5, 0.6) is 0 Å². The van der Waals surface area contributed by atoms with Crippen molar-refractivity contribution in [3.63, 3.8) is 0 Å². The van der Waals surface area contributed by atoms with E-state index in [1.54, 1.807) is 17.2 Å². The highest BCUT2D eigenvalue weighted by molar-refractivity contribution is 6.61. The van der Waals surface area contributed by atoms with Gasteiger partial charge in [-0.3, -0.25) is 19.0 Å². The van der Waals surface area contributed by atoms with Gasteiger partial charge in [-0.25, -0.2) is 4.98 Å². The maximum Gasteiger partial charge on any atom is 0.495 e. The van der Waals surface area contributed by atoms with Crippen LogP contribution in [-0.2, 0) is 20.6 Å². The second-order valence-corrected chi connectivity index (χ2v) is 8.18. The molecule has 1 aliphatic rings. The number of carbonyl (C=O) groups is 2. The minimum atomic E-state index is -0.858. The van der Waals surface area contributed by atoms with E-state index in [1.165, 1.54) is 10.6 Å². The van der Waals surface area contributed by atoms with E-state index in [0.29, 0.717) is 42.8 Å². The van der Waals surface area contributed by atoms with E-state index in [1.807, 2.05) is 27.7 Å². The zero-order chi connectivity index (χ0) is 22.1. The summed E-state index contributed by atoms with van der Waals surface area (Å²) in [5.74, 6) is -1.10. The Morgan fingerprint density at radius 2 is 1.87 bits per heavy atom. The summed E-state index contributed by atoms with van der Waals surface area (Å²) in [6.07, 6.45) is 1.56. The highest BCUT2D eigenvalue weighted by Crippen LogP contribution is 2.21. The van der Waals surface area contributed by atoms with E-state index in [4.69, 9.17) is 15.0 Å². The second kappa shape index (κ2) is 8.57. The van der Waals surface area contributed by atoms with Crippen LogP contribution in [0.15, 0.2) is 23.1 Å². The van der Waals surface area contributed by atoms with E-state index >= 15 is 0 Å². The third-order valence-electron chi connectivity index (χ3n) is 5.15. The Bertz CT molecular complexity index is 1020. The van der Waals surface area contributed by atoms with Gasteiger partial charge in [-0.1, -0.05) is 13.8 Å². The number of nitrogens with zero attached hydrogens (tertiary/aromatic N) is 3. The molecule has 0 radical (unpaired) electrons. The molecular weight excluding hydrogens is 387 g/mol. The second-order valence-electron chi connectivity index (χ2n) is 8.18. The number of fused-ring (bicyclic) bond motifs is 1. The minimum absolute atomic E-state index is 0.0782. The van der Waals surface area contributed by atoms with Crippen LogP contribution < -0.4 is 16.8 Å². The van der Waals surface area contributed by atoms with Gasteiger partial charge >= 0.3 is 7.12 Å². The predicted molar refractivity (Wildman–Crippen MR) is 114 cm³/mol. The summed E-state index contributed by atoms with van der Waals surface area (Å²) in [5.41, 5.74) is 5.46. The first-order valence-corrected chi connectivity index (χ1v) is 10.0. The van der Waals surface area contributed by atoms with Gasteiger partial charge in [-0.2, -0.15) is 0 Å². The highest BCUT2D eigenvalue weighted by atomic mass is 16.6. The van der Waals surface area contributed by atoms with Crippen molar-refractivity contribution in [2.75, 3.05) is 26.3 Å². The van der Waals surface area contributed by atoms with E-state index in [9.17, 15) is 14.4 Å². The van der Waals surface area contributed by atoms with Crippen LogP contribution in [0, 0.1) is 5.41 Å². The predicted octanol–water partition coefficient (Wildman–Crippen LogP) is 0.132. The molecule has 10 heteroatoms. The topological polar surface area (TPSA) is 117 Å². The lowest BCUT2D eigenvalue weighted by Crippen LogP contribution is -2.47. The smallest absolute Gasteiger partial charge is 0.407 e. The Kier molecular flexibility index (Phi) is 6.28. The molecule has 1 aliphatic heterocycles. The first-order chi connectivity index (χ1) is 14.2. The molecule has 2 amide bonds. The fraction of sp³-hybridized carbons (Fsp3) is 0.500. The zero-order valence-corrected chi connectivity index (χ0v) is 17.8. The Labute approximate surface area is 175 Å². The Hall–Kier alpha value is -2.72. The first-order valence-electron chi connectivity index (χ1n) is 10.0. The normalized spacial score (nSPS) is 15.9. The molecule has 0 atom stereocenters.